The van der Waals surface area contributed by atoms with Crippen molar-refractivity contribution in [3.63, 3.8) is 0 Å². The van der Waals surface area contributed by atoms with E-state index in [4.69, 9.17) is 16.3 Å². The second-order valence-electron chi connectivity index (χ2n) is 5.35. The van der Waals surface area contributed by atoms with Crippen LogP contribution in [-0.4, -0.2) is 23.0 Å². The molecule has 0 bridgehead atoms. The number of pyridine rings is 1. The third-order valence-electron chi connectivity index (χ3n) is 3.53. The van der Waals surface area contributed by atoms with Crippen molar-refractivity contribution in [2.75, 3.05) is 17.7 Å². The molecule has 2 heterocycles. The Morgan fingerprint density at radius 1 is 1.41 bits per heavy atom. The summed E-state index contributed by atoms with van der Waals surface area (Å²) in [5.41, 5.74) is 1.40. The molecule has 2 aromatic heterocycles. The molecule has 0 saturated heterocycles. The van der Waals surface area contributed by atoms with Gasteiger partial charge in [-0.3, -0.25) is 4.79 Å². The number of halogens is 3. The van der Waals surface area contributed by atoms with E-state index in [0.29, 0.717) is 20.7 Å². The first-order valence-corrected chi connectivity index (χ1v) is 9.57. The van der Waals surface area contributed by atoms with Gasteiger partial charge in [0.15, 0.2) is 22.5 Å². The van der Waals surface area contributed by atoms with Gasteiger partial charge in [0.2, 0.25) is 0 Å². The van der Waals surface area contributed by atoms with Crippen LogP contribution in [-0.2, 0) is 0 Å². The molecule has 27 heavy (non-hydrogen) atoms. The van der Waals surface area contributed by atoms with Gasteiger partial charge in [-0.2, -0.15) is 0 Å². The van der Waals surface area contributed by atoms with Crippen LogP contribution in [0, 0.1) is 12.7 Å². The fourth-order valence-corrected chi connectivity index (χ4v) is 3.47. The minimum atomic E-state index is -0.549. The molecule has 0 aliphatic carbocycles. The normalized spacial score (nSPS) is 10.6. The van der Waals surface area contributed by atoms with Crippen molar-refractivity contribution in [3.8, 4) is 5.75 Å². The van der Waals surface area contributed by atoms with Crippen molar-refractivity contribution < 1.29 is 13.9 Å². The van der Waals surface area contributed by atoms with Gasteiger partial charge < -0.3 is 15.4 Å². The van der Waals surface area contributed by atoms with E-state index in [0.717, 1.165) is 16.9 Å². The number of thiazole rings is 1. The Hall–Kier alpha value is -2.23. The zero-order chi connectivity index (χ0) is 19.6. The van der Waals surface area contributed by atoms with Crippen LogP contribution >= 0.6 is 38.9 Å². The van der Waals surface area contributed by atoms with E-state index in [-0.39, 0.29) is 22.1 Å². The lowest BCUT2D eigenvalue weighted by molar-refractivity contribution is 0.103. The number of ether oxygens (including phenoxy) is 1. The summed E-state index contributed by atoms with van der Waals surface area (Å²) in [6.45, 7) is 1.85. The van der Waals surface area contributed by atoms with Gasteiger partial charge in [-0.05, 0) is 34.5 Å². The molecule has 0 saturated carbocycles. The predicted molar refractivity (Wildman–Crippen MR) is 108 cm³/mol. The van der Waals surface area contributed by atoms with E-state index in [1.54, 1.807) is 6.07 Å². The zero-order valence-corrected chi connectivity index (χ0v) is 17.3. The van der Waals surface area contributed by atoms with Gasteiger partial charge in [0.05, 0.1) is 24.0 Å². The summed E-state index contributed by atoms with van der Waals surface area (Å²) in [6.07, 6.45) is 1.43. The molecule has 0 atom stereocenters. The minimum Gasteiger partial charge on any atom is -0.493 e. The second-order valence-corrected chi connectivity index (χ2v) is 7.54. The topological polar surface area (TPSA) is 76.1 Å². The van der Waals surface area contributed by atoms with Crippen molar-refractivity contribution in [2.45, 2.75) is 6.92 Å². The molecule has 3 aromatic rings. The first kappa shape index (κ1) is 19.5. The number of aryl methyl sites for hydroxylation is 1. The Balaban J connectivity index is 1.79. The minimum absolute atomic E-state index is 0.0366. The van der Waals surface area contributed by atoms with Gasteiger partial charge >= 0.3 is 0 Å². The van der Waals surface area contributed by atoms with E-state index in [1.165, 1.54) is 19.4 Å². The number of carbonyl (C=O) groups excluding carboxylic acids is 1. The fourth-order valence-electron chi connectivity index (χ4n) is 2.20. The number of benzene rings is 1. The standard InChI is InChI=1S/C17H13BrClFN4O2S/c1-8-4-3-5-9(19)13(8)22-16(25)12-7-21-17(27-12)24-15-11(26-2)6-10(20)14(18)23-15/h3-7H,1-2H3,(H,22,25)(H,21,23,24). The van der Waals surface area contributed by atoms with Crippen LogP contribution in [0.5, 0.6) is 5.75 Å². The summed E-state index contributed by atoms with van der Waals surface area (Å²) in [5, 5.41) is 6.57. The van der Waals surface area contributed by atoms with Crippen LogP contribution in [0.25, 0.3) is 0 Å². The lowest BCUT2D eigenvalue weighted by Gasteiger charge is -2.09. The monoisotopic (exact) mass is 470 g/mol. The molecular formula is C17H13BrClFN4O2S. The molecule has 0 fully saturated rings. The molecule has 3 rings (SSSR count). The number of aromatic nitrogens is 2. The number of nitrogens with one attached hydrogen (secondary N) is 2. The molecular weight excluding hydrogens is 459 g/mol. The third kappa shape index (κ3) is 4.37. The quantitative estimate of drug-likeness (QED) is 0.487. The molecule has 0 aliphatic rings. The summed E-state index contributed by atoms with van der Waals surface area (Å²) in [6, 6.07) is 6.56. The zero-order valence-electron chi connectivity index (χ0n) is 14.1. The molecule has 0 radical (unpaired) electrons. The molecule has 0 aliphatic heterocycles. The number of hydrogen-bond donors (Lipinski definition) is 2. The highest BCUT2D eigenvalue weighted by Gasteiger charge is 2.16. The molecule has 6 nitrogen and oxygen atoms in total. The van der Waals surface area contributed by atoms with Gasteiger partial charge in [0.1, 0.15) is 9.48 Å². The summed E-state index contributed by atoms with van der Waals surface area (Å²) in [7, 11) is 1.40. The maximum atomic E-state index is 13.6. The van der Waals surface area contributed by atoms with Crippen molar-refractivity contribution in [1.29, 1.82) is 0 Å². The molecule has 0 unspecified atom stereocenters. The van der Waals surface area contributed by atoms with Crippen LogP contribution in [0.4, 0.5) is 21.0 Å². The number of anilines is 3. The molecule has 140 valence electrons. The Labute approximate surface area is 171 Å². The molecule has 10 heteroatoms. The van der Waals surface area contributed by atoms with Gasteiger partial charge in [-0.1, -0.05) is 35.1 Å². The highest BCUT2D eigenvalue weighted by molar-refractivity contribution is 9.10. The smallest absolute Gasteiger partial charge is 0.267 e. The number of carbonyl (C=O) groups is 1. The summed E-state index contributed by atoms with van der Waals surface area (Å²) in [4.78, 5) is 21.0. The van der Waals surface area contributed by atoms with E-state index >= 15 is 0 Å². The maximum absolute atomic E-state index is 13.6. The SMILES string of the molecule is COc1cc(F)c(Br)nc1Nc1ncc(C(=O)Nc2c(C)cccc2Cl)s1. The van der Waals surface area contributed by atoms with Crippen LogP contribution < -0.4 is 15.4 Å². The maximum Gasteiger partial charge on any atom is 0.267 e. The average molecular weight is 472 g/mol. The van der Waals surface area contributed by atoms with E-state index < -0.39 is 5.82 Å². The van der Waals surface area contributed by atoms with Crippen LogP contribution in [0.3, 0.4) is 0 Å². The number of rotatable bonds is 5. The molecule has 0 spiro atoms. The summed E-state index contributed by atoms with van der Waals surface area (Å²) in [5.74, 6) is -0.402. The lowest BCUT2D eigenvalue weighted by atomic mass is 10.2. The van der Waals surface area contributed by atoms with Gasteiger partial charge in [0.25, 0.3) is 5.91 Å². The number of amides is 1. The van der Waals surface area contributed by atoms with E-state index in [1.807, 2.05) is 19.1 Å². The van der Waals surface area contributed by atoms with Crippen molar-refractivity contribution in [1.82, 2.24) is 9.97 Å². The Bertz CT molecular complexity index is 994. The number of hydrogen-bond acceptors (Lipinski definition) is 6. The summed E-state index contributed by atoms with van der Waals surface area (Å²) >= 11 is 10.3. The van der Waals surface area contributed by atoms with Gasteiger partial charge in [-0.25, -0.2) is 14.4 Å². The molecule has 2 N–H and O–H groups in total. The van der Waals surface area contributed by atoms with Crippen molar-refractivity contribution in [2.24, 2.45) is 0 Å². The third-order valence-corrected chi connectivity index (χ3v) is 5.32. The predicted octanol–water partition coefficient (Wildman–Crippen LogP) is 5.41. The van der Waals surface area contributed by atoms with Crippen LogP contribution in [0.15, 0.2) is 35.1 Å². The van der Waals surface area contributed by atoms with Crippen LogP contribution in [0.1, 0.15) is 15.2 Å². The van der Waals surface area contributed by atoms with Crippen molar-refractivity contribution in [3.05, 3.63) is 56.3 Å². The highest BCUT2D eigenvalue weighted by atomic mass is 79.9. The van der Waals surface area contributed by atoms with Crippen molar-refractivity contribution >= 4 is 61.4 Å². The molecule has 1 amide bonds. The second kappa shape index (κ2) is 8.20. The Kier molecular flexibility index (Phi) is 5.93. The van der Waals surface area contributed by atoms with Crippen LogP contribution in [0.2, 0.25) is 5.02 Å². The fraction of sp³-hybridized carbons (Fsp3) is 0.118. The number of methoxy groups -OCH3 is 1. The largest absolute Gasteiger partial charge is 0.493 e. The first-order valence-electron chi connectivity index (χ1n) is 7.58. The summed E-state index contributed by atoms with van der Waals surface area (Å²) < 4.78 is 18.7. The van der Waals surface area contributed by atoms with Gasteiger partial charge in [0, 0.05) is 6.07 Å². The number of nitrogens with zero attached hydrogens (tertiary/aromatic N) is 2. The lowest BCUT2D eigenvalue weighted by Crippen LogP contribution is -2.11. The first-order chi connectivity index (χ1) is 12.9. The Morgan fingerprint density at radius 3 is 2.89 bits per heavy atom. The Morgan fingerprint density at radius 2 is 2.19 bits per heavy atom. The van der Waals surface area contributed by atoms with Gasteiger partial charge in [-0.15, -0.1) is 0 Å². The highest BCUT2D eigenvalue weighted by Crippen LogP contribution is 2.32. The average Bonchev–Trinajstić information content (AvgIpc) is 3.10. The molecule has 1 aromatic carbocycles. The number of para-hydroxylation sites is 1. The van der Waals surface area contributed by atoms with E-state index in [2.05, 4.69) is 36.5 Å². The van der Waals surface area contributed by atoms with E-state index in [9.17, 15) is 9.18 Å².